The quantitative estimate of drug-likeness (QED) is 0.571. The van der Waals surface area contributed by atoms with E-state index in [0.29, 0.717) is 11.7 Å². The molecule has 1 aromatic rings. The van der Waals surface area contributed by atoms with Gasteiger partial charge in [0.1, 0.15) is 6.17 Å². The summed E-state index contributed by atoms with van der Waals surface area (Å²) < 4.78 is 0. The molecule has 134 valence electrons. The fraction of sp³-hybridized carbons (Fsp3) is 0.438. The molecule has 1 aromatic carbocycles. The first-order valence-corrected chi connectivity index (χ1v) is 9.07. The second-order valence-electron chi connectivity index (χ2n) is 5.94. The van der Waals surface area contributed by atoms with Crippen molar-refractivity contribution in [2.75, 3.05) is 23.7 Å². The number of fused-ring (bicyclic) bond motifs is 1. The van der Waals surface area contributed by atoms with Crippen LogP contribution in [0, 0.1) is 5.92 Å². The summed E-state index contributed by atoms with van der Waals surface area (Å²) in [6, 6.07) is 9.29. The van der Waals surface area contributed by atoms with Crippen LogP contribution in [0.3, 0.4) is 0 Å². The molecule has 0 radical (unpaired) electrons. The predicted molar refractivity (Wildman–Crippen MR) is 96.9 cm³/mol. The lowest BCUT2D eigenvalue weighted by atomic mass is 10.1. The predicted octanol–water partition coefficient (Wildman–Crippen LogP) is -0.330. The third-order valence-corrected chi connectivity index (χ3v) is 4.83. The highest BCUT2D eigenvalue weighted by molar-refractivity contribution is 8.14. The van der Waals surface area contributed by atoms with Gasteiger partial charge in [-0.1, -0.05) is 30.0 Å². The van der Waals surface area contributed by atoms with Crippen LogP contribution in [-0.2, 0) is 9.59 Å². The summed E-state index contributed by atoms with van der Waals surface area (Å²) in [6.07, 6.45) is -0.923. The zero-order valence-electron chi connectivity index (χ0n) is 13.8. The maximum atomic E-state index is 12.9. The molecule has 0 bridgehead atoms. The van der Waals surface area contributed by atoms with E-state index >= 15 is 0 Å². The van der Waals surface area contributed by atoms with Gasteiger partial charge in [0.05, 0.1) is 23.5 Å². The summed E-state index contributed by atoms with van der Waals surface area (Å²) in [5.74, 6) is -0.412. The largest absolute Gasteiger partial charge is 0.392 e. The van der Waals surface area contributed by atoms with Crippen LogP contribution in [0.1, 0.15) is 6.92 Å². The zero-order chi connectivity index (χ0) is 17.8. The molecule has 3 unspecified atom stereocenters. The van der Waals surface area contributed by atoms with Crippen molar-refractivity contribution >= 4 is 34.4 Å². The van der Waals surface area contributed by atoms with Gasteiger partial charge >= 0.3 is 0 Å². The molecule has 3 rings (SSSR count). The van der Waals surface area contributed by atoms with E-state index in [-0.39, 0.29) is 36.2 Å². The number of hydrogen-bond acceptors (Lipinski definition) is 7. The molecule has 0 spiro atoms. The summed E-state index contributed by atoms with van der Waals surface area (Å²) in [5, 5.41) is 12.4. The number of aliphatic hydroxyl groups is 1. The number of amides is 2. The van der Waals surface area contributed by atoms with Gasteiger partial charge in [-0.05, 0) is 19.1 Å². The number of carbonyl (C=O) groups is 2. The summed E-state index contributed by atoms with van der Waals surface area (Å²) in [5.41, 5.74) is 6.68. The van der Waals surface area contributed by atoms with E-state index in [9.17, 15) is 14.7 Å². The van der Waals surface area contributed by atoms with Crippen LogP contribution in [0.25, 0.3) is 0 Å². The van der Waals surface area contributed by atoms with Crippen LogP contribution in [0.2, 0.25) is 0 Å². The maximum absolute atomic E-state index is 12.9. The molecule has 25 heavy (non-hydrogen) atoms. The van der Waals surface area contributed by atoms with Gasteiger partial charge in [-0.15, -0.1) is 0 Å². The molecule has 2 aliphatic rings. The smallest absolute Gasteiger partial charge is 0.241 e. The van der Waals surface area contributed by atoms with Crippen molar-refractivity contribution in [2.45, 2.75) is 19.2 Å². The van der Waals surface area contributed by atoms with Gasteiger partial charge in [0, 0.05) is 13.1 Å². The highest BCUT2D eigenvalue weighted by Gasteiger charge is 2.42. The lowest BCUT2D eigenvalue weighted by Crippen LogP contribution is -2.49. The number of hydrogen-bond donors (Lipinski definition) is 4. The van der Waals surface area contributed by atoms with E-state index in [1.54, 1.807) is 11.8 Å². The summed E-state index contributed by atoms with van der Waals surface area (Å²) in [4.78, 5) is 31.0. The molecule has 4 N–H and O–H groups in total. The number of hydrazine groups is 1. The standard InChI is InChI=1S/C16H21N5O3S/c1-10(22)7-17-13(23)9-25-16-19-14-12(8-18-20-14)15(24)21(16)11-5-3-2-4-6-11/h2-6,10,12,14,18,20,22H,7-9H2,1H3,(H,17,23). The Morgan fingerprint density at radius 2 is 2.24 bits per heavy atom. The molecule has 0 aliphatic carbocycles. The van der Waals surface area contributed by atoms with E-state index in [1.165, 1.54) is 11.8 Å². The number of nitrogens with zero attached hydrogens (tertiary/aromatic N) is 2. The van der Waals surface area contributed by atoms with Gasteiger partial charge in [0.25, 0.3) is 0 Å². The van der Waals surface area contributed by atoms with Crippen molar-refractivity contribution in [3.63, 3.8) is 0 Å². The number of amidine groups is 1. The molecule has 3 atom stereocenters. The number of carbonyl (C=O) groups excluding carboxylic acids is 2. The third kappa shape index (κ3) is 4.18. The molecule has 2 aliphatic heterocycles. The molecular weight excluding hydrogens is 342 g/mol. The van der Waals surface area contributed by atoms with Crippen molar-refractivity contribution in [1.82, 2.24) is 16.2 Å². The van der Waals surface area contributed by atoms with E-state index in [0.717, 1.165) is 5.69 Å². The maximum Gasteiger partial charge on any atom is 0.241 e. The minimum Gasteiger partial charge on any atom is -0.392 e. The molecule has 1 saturated heterocycles. The second-order valence-corrected chi connectivity index (χ2v) is 6.88. The Morgan fingerprint density at radius 3 is 2.96 bits per heavy atom. The summed E-state index contributed by atoms with van der Waals surface area (Å²) in [7, 11) is 0. The van der Waals surface area contributed by atoms with Gasteiger partial charge in [0.2, 0.25) is 11.8 Å². The fourth-order valence-corrected chi connectivity index (χ4v) is 3.50. The van der Waals surface area contributed by atoms with Crippen LogP contribution in [-0.4, -0.2) is 53.2 Å². The molecule has 0 aromatic heterocycles. The highest BCUT2D eigenvalue weighted by atomic mass is 32.2. The Kier molecular flexibility index (Phi) is 5.69. The van der Waals surface area contributed by atoms with Gasteiger partial charge in [-0.3, -0.25) is 19.9 Å². The Bertz CT molecular complexity index is 667. The molecule has 8 nitrogen and oxygen atoms in total. The first kappa shape index (κ1) is 17.9. The van der Waals surface area contributed by atoms with Gasteiger partial charge in [-0.25, -0.2) is 10.4 Å². The monoisotopic (exact) mass is 363 g/mol. The summed E-state index contributed by atoms with van der Waals surface area (Å²) >= 11 is 1.21. The Hall–Kier alpha value is -1.94. The third-order valence-electron chi connectivity index (χ3n) is 3.87. The average molecular weight is 363 g/mol. The minimum absolute atomic E-state index is 0.0458. The zero-order valence-corrected chi connectivity index (χ0v) is 14.6. The van der Waals surface area contributed by atoms with Crippen molar-refractivity contribution in [3.8, 4) is 0 Å². The minimum atomic E-state index is -0.599. The molecule has 9 heteroatoms. The van der Waals surface area contributed by atoms with Crippen LogP contribution in [0.5, 0.6) is 0 Å². The Labute approximate surface area is 150 Å². The van der Waals surface area contributed by atoms with Crippen molar-refractivity contribution in [2.24, 2.45) is 10.9 Å². The van der Waals surface area contributed by atoms with E-state index in [4.69, 9.17) is 0 Å². The van der Waals surface area contributed by atoms with Crippen LogP contribution in [0.15, 0.2) is 35.3 Å². The second kappa shape index (κ2) is 7.96. The molecule has 1 fully saturated rings. The topological polar surface area (TPSA) is 106 Å². The number of benzene rings is 1. The Morgan fingerprint density at radius 1 is 1.48 bits per heavy atom. The lowest BCUT2D eigenvalue weighted by molar-refractivity contribution is -0.121. The number of aliphatic hydroxyl groups excluding tert-OH is 1. The van der Waals surface area contributed by atoms with E-state index in [1.807, 2.05) is 30.3 Å². The number of aliphatic imine (C=N–C) groups is 1. The highest BCUT2D eigenvalue weighted by Crippen LogP contribution is 2.28. The van der Waals surface area contributed by atoms with Crippen LogP contribution >= 0.6 is 11.8 Å². The van der Waals surface area contributed by atoms with Crippen LogP contribution in [0.4, 0.5) is 5.69 Å². The van der Waals surface area contributed by atoms with E-state index < -0.39 is 6.10 Å². The van der Waals surface area contributed by atoms with E-state index in [2.05, 4.69) is 21.2 Å². The van der Waals surface area contributed by atoms with Gasteiger partial charge < -0.3 is 10.4 Å². The number of para-hydroxylation sites is 1. The molecule has 2 heterocycles. The normalized spacial score (nSPS) is 23.8. The Balaban J connectivity index is 1.76. The first-order valence-electron chi connectivity index (χ1n) is 8.09. The van der Waals surface area contributed by atoms with Crippen molar-refractivity contribution < 1.29 is 14.7 Å². The SMILES string of the molecule is CC(O)CNC(=O)CSC1=NC2NNCC2C(=O)N1c1ccccc1. The number of thioether (sulfide) groups is 1. The molecule has 0 saturated carbocycles. The first-order chi connectivity index (χ1) is 12.1. The number of anilines is 1. The van der Waals surface area contributed by atoms with Crippen LogP contribution < -0.4 is 21.1 Å². The average Bonchev–Trinajstić information content (AvgIpc) is 3.08. The molecule has 2 amide bonds. The van der Waals surface area contributed by atoms with Crippen molar-refractivity contribution in [1.29, 1.82) is 0 Å². The van der Waals surface area contributed by atoms with Gasteiger partial charge in [-0.2, -0.15) is 0 Å². The lowest BCUT2D eigenvalue weighted by Gasteiger charge is -2.32. The summed E-state index contributed by atoms with van der Waals surface area (Å²) in [6.45, 7) is 2.32. The molecular formula is C16H21N5O3S. The van der Waals surface area contributed by atoms with Gasteiger partial charge in [0.15, 0.2) is 5.17 Å². The number of nitrogens with one attached hydrogen (secondary N) is 3. The fourth-order valence-electron chi connectivity index (χ4n) is 2.63. The number of rotatable bonds is 5. The van der Waals surface area contributed by atoms with Crippen molar-refractivity contribution in [3.05, 3.63) is 30.3 Å².